The highest BCUT2D eigenvalue weighted by Crippen LogP contribution is 2.59. The first-order chi connectivity index (χ1) is 11.9. The molecule has 6 nitrogen and oxygen atoms in total. The topological polar surface area (TPSA) is 75.4 Å². The lowest BCUT2D eigenvalue weighted by Crippen LogP contribution is -2.41. The Morgan fingerprint density at radius 3 is 2.23 bits per heavy atom. The molecule has 1 N–H and O–H groups in total. The van der Waals surface area contributed by atoms with Crippen LogP contribution in [0.5, 0.6) is 0 Å². The van der Waals surface area contributed by atoms with Gasteiger partial charge in [-0.05, 0) is 45.4 Å². The van der Waals surface area contributed by atoms with Gasteiger partial charge in [0.15, 0.2) is 5.69 Å². The van der Waals surface area contributed by atoms with E-state index in [4.69, 9.17) is 5.11 Å². The van der Waals surface area contributed by atoms with Crippen molar-refractivity contribution in [2.45, 2.75) is 51.7 Å². The normalized spacial score (nSPS) is 22.5. The summed E-state index contributed by atoms with van der Waals surface area (Å²) in [5.74, 6) is -1.93. The van der Waals surface area contributed by atoms with E-state index in [1.165, 1.54) is 4.90 Å². The molecule has 1 aromatic heterocycles. The highest BCUT2D eigenvalue weighted by atomic mass is 19.4. The van der Waals surface area contributed by atoms with Crippen LogP contribution in [0, 0.1) is 11.3 Å². The summed E-state index contributed by atoms with van der Waals surface area (Å²) in [6, 6.07) is 0. The Kier molecular flexibility index (Phi) is 4.12. The van der Waals surface area contributed by atoms with E-state index in [1.54, 1.807) is 20.8 Å². The number of hydrogen-bond acceptors (Lipinski definition) is 3. The molecule has 0 aromatic carbocycles. The van der Waals surface area contributed by atoms with Gasteiger partial charge in [-0.1, -0.05) is 0 Å². The Hall–Kier alpha value is -2.06. The molecule has 1 atom stereocenters. The molecule has 2 heterocycles. The number of carbonyl (C=O) groups is 2. The van der Waals surface area contributed by atoms with Crippen molar-refractivity contribution >= 4 is 11.9 Å². The summed E-state index contributed by atoms with van der Waals surface area (Å²) in [5.41, 5.74) is -2.69. The lowest BCUT2D eigenvalue weighted by molar-refractivity contribution is -0.146. The monoisotopic (exact) mass is 373 g/mol. The minimum Gasteiger partial charge on any atom is -0.481 e. The zero-order valence-corrected chi connectivity index (χ0v) is 14.9. The average Bonchev–Trinajstić information content (AvgIpc) is 3.01. The van der Waals surface area contributed by atoms with Gasteiger partial charge in [0.25, 0.3) is 5.91 Å². The summed E-state index contributed by atoms with van der Waals surface area (Å²) in [6.45, 7) is 5.30. The van der Waals surface area contributed by atoms with Gasteiger partial charge in [0.2, 0.25) is 0 Å². The summed E-state index contributed by atoms with van der Waals surface area (Å²) in [7, 11) is 0. The first-order valence-electron chi connectivity index (χ1n) is 8.55. The number of halogens is 3. The lowest BCUT2D eigenvalue weighted by Gasteiger charge is -2.33. The summed E-state index contributed by atoms with van der Waals surface area (Å²) in [5, 5.41) is 12.9. The second kappa shape index (κ2) is 5.72. The molecule has 0 bridgehead atoms. The van der Waals surface area contributed by atoms with E-state index < -0.39 is 40.8 Å². The fourth-order valence-electron chi connectivity index (χ4n) is 3.86. The Balaban J connectivity index is 1.81. The molecule has 1 saturated carbocycles. The Morgan fingerprint density at radius 2 is 1.81 bits per heavy atom. The van der Waals surface area contributed by atoms with Gasteiger partial charge in [0.05, 0.1) is 23.2 Å². The Morgan fingerprint density at radius 1 is 1.23 bits per heavy atom. The smallest absolute Gasteiger partial charge is 0.433 e. The fourth-order valence-corrected chi connectivity index (χ4v) is 3.86. The van der Waals surface area contributed by atoms with Crippen molar-refractivity contribution in [3.05, 3.63) is 17.5 Å². The predicted octanol–water partition coefficient (Wildman–Crippen LogP) is 2.98. The number of nitrogens with zero attached hydrogens (tertiary/aromatic N) is 3. The zero-order chi connectivity index (χ0) is 19.5. The van der Waals surface area contributed by atoms with E-state index in [2.05, 4.69) is 5.10 Å². The maximum atomic E-state index is 13.6. The number of aromatic nitrogens is 2. The molecule has 3 rings (SSSR count). The van der Waals surface area contributed by atoms with E-state index in [1.807, 2.05) is 0 Å². The number of carbonyl (C=O) groups excluding carboxylic acids is 1. The number of alkyl halides is 3. The van der Waals surface area contributed by atoms with Crippen LogP contribution in [0.3, 0.4) is 0 Å². The van der Waals surface area contributed by atoms with Gasteiger partial charge in [0, 0.05) is 13.1 Å². The summed E-state index contributed by atoms with van der Waals surface area (Å²) < 4.78 is 41.6. The second-order valence-corrected chi connectivity index (χ2v) is 8.24. The van der Waals surface area contributed by atoms with Crippen LogP contribution < -0.4 is 0 Å². The van der Waals surface area contributed by atoms with E-state index in [0.29, 0.717) is 19.3 Å². The molecule has 1 amide bonds. The average molecular weight is 373 g/mol. The van der Waals surface area contributed by atoms with Gasteiger partial charge < -0.3 is 10.0 Å². The Bertz CT molecular complexity index is 741. The number of carboxylic acids is 1. The number of piperidine rings is 1. The number of likely N-dealkylation sites (tertiary alicyclic amines) is 1. The van der Waals surface area contributed by atoms with Crippen LogP contribution in [-0.2, 0) is 16.5 Å². The van der Waals surface area contributed by atoms with Gasteiger partial charge in [-0.3, -0.25) is 14.3 Å². The lowest BCUT2D eigenvalue weighted by atomic mass is 9.90. The number of hydrogen-bond donors (Lipinski definition) is 1. The largest absolute Gasteiger partial charge is 0.481 e. The van der Waals surface area contributed by atoms with Crippen molar-refractivity contribution in [2.75, 3.05) is 13.1 Å². The number of aliphatic carboxylic acids is 1. The third-order valence-corrected chi connectivity index (χ3v) is 5.44. The standard InChI is InChI=1S/C17H22F3N3O3/c1-15(2,3)23-12(17(18,19)20)10(9-21-23)13(24)22-6-4-16(5-7-22)8-11(16)14(25)26/h9,11H,4-8H2,1-3H3,(H,25,26). The first kappa shape index (κ1) is 18.7. The van der Waals surface area contributed by atoms with Gasteiger partial charge in [0.1, 0.15) is 0 Å². The first-order valence-corrected chi connectivity index (χ1v) is 8.55. The molecule has 1 aliphatic carbocycles. The van der Waals surface area contributed by atoms with Crippen LogP contribution >= 0.6 is 0 Å². The molecule has 2 fully saturated rings. The van der Waals surface area contributed by atoms with Crippen LogP contribution in [0.15, 0.2) is 6.20 Å². The maximum absolute atomic E-state index is 13.6. The van der Waals surface area contributed by atoms with Crippen molar-refractivity contribution in [3.63, 3.8) is 0 Å². The van der Waals surface area contributed by atoms with E-state index in [-0.39, 0.29) is 18.5 Å². The number of carboxylic acid groups (broad SMARTS) is 1. The molecule has 26 heavy (non-hydrogen) atoms. The van der Waals surface area contributed by atoms with Crippen molar-refractivity contribution in [2.24, 2.45) is 11.3 Å². The van der Waals surface area contributed by atoms with Crippen molar-refractivity contribution in [1.82, 2.24) is 14.7 Å². The molecule has 1 aromatic rings. The summed E-state index contributed by atoms with van der Waals surface area (Å²) >= 11 is 0. The number of amides is 1. The highest BCUT2D eigenvalue weighted by molar-refractivity contribution is 5.95. The molecular weight excluding hydrogens is 351 g/mol. The van der Waals surface area contributed by atoms with E-state index in [9.17, 15) is 22.8 Å². The van der Waals surface area contributed by atoms with Crippen molar-refractivity contribution in [1.29, 1.82) is 0 Å². The molecule has 144 valence electrons. The minimum absolute atomic E-state index is 0.264. The van der Waals surface area contributed by atoms with E-state index >= 15 is 0 Å². The van der Waals surface area contributed by atoms with Crippen LogP contribution in [0.4, 0.5) is 13.2 Å². The molecule has 1 saturated heterocycles. The molecular formula is C17H22F3N3O3. The van der Waals surface area contributed by atoms with Crippen LogP contribution in [-0.4, -0.2) is 44.8 Å². The third-order valence-electron chi connectivity index (χ3n) is 5.44. The SMILES string of the molecule is CC(C)(C)n1ncc(C(=O)N2CCC3(CC2)CC3C(=O)O)c1C(F)(F)F. The fraction of sp³-hybridized carbons (Fsp3) is 0.706. The molecule has 2 aliphatic rings. The quantitative estimate of drug-likeness (QED) is 0.865. The van der Waals surface area contributed by atoms with Gasteiger partial charge in [-0.25, -0.2) is 0 Å². The number of rotatable bonds is 2. The van der Waals surface area contributed by atoms with Crippen molar-refractivity contribution in [3.8, 4) is 0 Å². The van der Waals surface area contributed by atoms with Gasteiger partial charge in [-0.2, -0.15) is 18.3 Å². The molecule has 1 aliphatic heterocycles. The van der Waals surface area contributed by atoms with Gasteiger partial charge >= 0.3 is 12.1 Å². The van der Waals surface area contributed by atoms with E-state index in [0.717, 1.165) is 10.9 Å². The van der Waals surface area contributed by atoms with Crippen LogP contribution in [0.1, 0.15) is 56.1 Å². The highest BCUT2D eigenvalue weighted by Gasteiger charge is 2.59. The van der Waals surface area contributed by atoms with Crippen LogP contribution in [0.25, 0.3) is 0 Å². The molecule has 0 radical (unpaired) electrons. The summed E-state index contributed by atoms with van der Waals surface area (Å²) in [6.07, 6.45) is -2.12. The van der Waals surface area contributed by atoms with Crippen LogP contribution in [0.2, 0.25) is 0 Å². The minimum atomic E-state index is -4.70. The van der Waals surface area contributed by atoms with Gasteiger partial charge in [-0.15, -0.1) is 0 Å². The molecule has 9 heteroatoms. The predicted molar refractivity (Wildman–Crippen MR) is 85.5 cm³/mol. The second-order valence-electron chi connectivity index (χ2n) is 8.24. The molecule has 1 spiro atoms. The molecule has 1 unspecified atom stereocenters. The summed E-state index contributed by atoms with van der Waals surface area (Å²) in [4.78, 5) is 25.2. The zero-order valence-electron chi connectivity index (χ0n) is 14.9. The third kappa shape index (κ3) is 3.07. The Labute approximate surface area is 149 Å². The van der Waals surface area contributed by atoms with Crippen molar-refractivity contribution < 1.29 is 27.9 Å². The maximum Gasteiger partial charge on any atom is 0.433 e.